The van der Waals surface area contributed by atoms with E-state index in [0.717, 1.165) is 9.87 Å². The lowest BCUT2D eigenvalue weighted by atomic mass is 10.0. The molecule has 2 amide bonds. The second kappa shape index (κ2) is 15.1. The van der Waals surface area contributed by atoms with Crippen molar-refractivity contribution in [3.63, 3.8) is 0 Å². The normalized spacial score (nSPS) is 12.1. The Hall–Kier alpha value is -4.90. The standard InChI is InChI=1S/C36H40FN3O6S/c1-36(2,3)38-35(42)32(23-26-11-7-6-8-12-26)39(24-27-15-17-28(37)18-16-27)34(41)25-40(31-13-9-10-14-33(31)46-5)47(43,44)30-21-19-29(45-4)20-22-30/h6-22,32H,23-25H2,1-5H3,(H,38,42). The van der Waals surface area contributed by atoms with Gasteiger partial charge in [-0.05, 0) is 80.4 Å². The third-order valence-electron chi connectivity index (χ3n) is 7.32. The van der Waals surface area contributed by atoms with Crippen LogP contribution in [0.5, 0.6) is 11.5 Å². The van der Waals surface area contributed by atoms with Crippen LogP contribution in [0.15, 0.2) is 108 Å². The van der Waals surface area contributed by atoms with E-state index in [1.165, 1.54) is 67.7 Å². The number of methoxy groups -OCH3 is 2. The Morgan fingerprint density at radius 1 is 0.809 bits per heavy atom. The fourth-order valence-corrected chi connectivity index (χ4v) is 6.44. The maximum atomic E-state index is 14.6. The first-order valence-corrected chi connectivity index (χ1v) is 16.5. The fourth-order valence-electron chi connectivity index (χ4n) is 5.02. The summed E-state index contributed by atoms with van der Waals surface area (Å²) < 4.78 is 54.1. The monoisotopic (exact) mass is 661 g/mol. The molecule has 0 radical (unpaired) electrons. The Morgan fingerprint density at radius 3 is 2.02 bits per heavy atom. The molecule has 248 valence electrons. The summed E-state index contributed by atoms with van der Waals surface area (Å²) in [5, 5.41) is 2.98. The number of hydrogen-bond acceptors (Lipinski definition) is 6. The molecule has 4 aromatic rings. The number of carbonyl (C=O) groups excluding carboxylic acids is 2. The van der Waals surface area contributed by atoms with Gasteiger partial charge in [-0.1, -0.05) is 54.6 Å². The van der Waals surface area contributed by atoms with Crippen molar-refractivity contribution >= 4 is 27.5 Å². The zero-order valence-corrected chi connectivity index (χ0v) is 28.0. The molecular weight excluding hydrogens is 621 g/mol. The van der Waals surface area contributed by atoms with Crippen molar-refractivity contribution in [2.45, 2.75) is 50.2 Å². The largest absolute Gasteiger partial charge is 0.497 e. The van der Waals surface area contributed by atoms with E-state index in [4.69, 9.17) is 9.47 Å². The molecule has 4 aromatic carbocycles. The number of rotatable bonds is 13. The van der Waals surface area contributed by atoms with E-state index in [1.54, 1.807) is 24.3 Å². The van der Waals surface area contributed by atoms with Gasteiger partial charge < -0.3 is 19.7 Å². The number of anilines is 1. The van der Waals surface area contributed by atoms with Gasteiger partial charge in [0.15, 0.2) is 0 Å². The van der Waals surface area contributed by atoms with Crippen molar-refractivity contribution in [2.75, 3.05) is 25.1 Å². The van der Waals surface area contributed by atoms with E-state index >= 15 is 0 Å². The van der Waals surface area contributed by atoms with Crippen LogP contribution in [0.25, 0.3) is 0 Å². The third kappa shape index (κ3) is 9.10. The molecule has 1 N–H and O–H groups in total. The average molecular weight is 662 g/mol. The van der Waals surface area contributed by atoms with E-state index in [1.807, 2.05) is 51.1 Å². The molecule has 0 heterocycles. The summed E-state index contributed by atoms with van der Waals surface area (Å²) in [4.78, 5) is 29.8. The Bertz CT molecular complexity index is 1760. The molecule has 0 aliphatic carbocycles. The van der Waals surface area contributed by atoms with Crippen LogP contribution < -0.4 is 19.1 Å². The van der Waals surface area contributed by atoms with Crippen molar-refractivity contribution < 1.29 is 31.9 Å². The van der Waals surface area contributed by atoms with Gasteiger partial charge >= 0.3 is 0 Å². The maximum absolute atomic E-state index is 14.6. The number of nitrogens with one attached hydrogen (secondary N) is 1. The summed E-state index contributed by atoms with van der Waals surface area (Å²) in [6.07, 6.45) is 0.148. The van der Waals surface area contributed by atoms with Crippen molar-refractivity contribution in [2.24, 2.45) is 0 Å². The first-order valence-electron chi connectivity index (χ1n) is 15.0. The van der Waals surface area contributed by atoms with Gasteiger partial charge in [0, 0.05) is 18.5 Å². The molecule has 47 heavy (non-hydrogen) atoms. The van der Waals surface area contributed by atoms with E-state index in [-0.39, 0.29) is 29.3 Å². The summed E-state index contributed by atoms with van der Waals surface area (Å²) >= 11 is 0. The molecule has 1 atom stereocenters. The first-order chi connectivity index (χ1) is 22.3. The van der Waals surface area contributed by atoms with Crippen LogP contribution in [-0.4, -0.2) is 57.5 Å². The lowest BCUT2D eigenvalue weighted by Gasteiger charge is -2.35. The number of ether oxygens (including phenoxy) is 2. The van der Waals surface area contributed by atoms with Crippen LogP contribution in [0.1, 0.15) is 31.9 Å². The number of benzene rings is 4. The minimum Gasteiger partial charge on any atom is -0.497 e. The van der Waals surface area contributed by atoms with Gasteiger partial charge in [0.2, 0.25) is 11.8 Å². The minimum absolute atomic E-state index is 0.0756. The van der Waals surface area contributed by atoms with E-state index in [0.29, 0.717) is 11.3 Å². The number of nitrogens with zero attached hydrogens (tertiary/aromatic N) is 2. The van der Waals surface area contributed by atoms with Gasteiger partial charge in [0.1, 0.15) is 29.9 Å². The zero-order valence-electron chi connectivity index (χ0n) is 27.1. The van der Waals surface area contributed by atoms with Crippen LogP contribution in [0.2, 0.25) is 0 Å². The number of halogens is 1. The Balaban J connectivity index is 1.84. The molecule has 1 unspecified atom stereocenters. The summed E-state index contributed by atoms with van der Waals surface area (Å²) in [5.74, 6) is -0.830. The lowest BCUT2D eigenvalue weighted by Crippen LogP contribution is -2.56. The van der Waals surface area contributed by atoms with Gasteiger partial charge in [-0.3, -0.25) is 13.9 Å². The van der Waals surface area contributed by atoms with Crippen LogP contribution >= 0.6 is 0 Å². The van der Waals surface area contributed by atoms with E-state index in [2.05, 4.69) is 5.32 Å². The maximum Gasteiger partial charge on any atom is 0.264 e. The highest BCUT2D eigenvalue weighted by atomic mass is 32.2. The molecule has 0 saturated heterocycles. The molecular formula is C36H40FN3O6S. The number of carbonyl (C=O) groups is 2. The Kier molecular flexibility index (Phi) is 11.3. The Labute approximate surface area is 276 Å². The van der Waals surface area contributed by atoms with Gasteiger partial charge in [-0.25, -0.2) is 12.8 Å². The molecule has 11 heteroatoms. The fraction of sp³-hybridized carbons (Fsp3) is 0.278. The van der Waals surface area contributed by atoms with E-state index in [9.17, 15) is 22.4 Å². The van der Waals surface area contributed by atoms with E-state index < -0.39 is 45.8 Å². The zero-order chi connectivity index (χ0) is 34.2. The summed E-state index contributed by atoms with van der Waals surface area (Å²) in [6.45, 7) is 4.75. The van der Waals surface area contributed by atoms with Crippen LogP contribution in [0, 0.1) is 5.82 Å². The van der Waals surface area contributed by atoms with Crippen molar-refractivity contribution in [3.8, 4) is 11.5 Å². The number of hydrogen-bond donors (Lipinski definition) is 1. The highest BCUT2D eigenvalue weighted by molar-refractivity contribution is 7.92. The molecule has 0 spiro atoms. The smallest absolute Gasteiger partial charge is 0.264 e. The number of para-hydroxylation sites is 2. The topological polar surface area (TPSA) is 105 Å². The third-order valence-corrected chi connectivity index (χ3v) is 9.09. The summed E-state index contributed by atoms with van der Waals surface area (Å²) in [5.41, 5.74) is 0.867. The van der Waals surface area contributed by atoms with Crippen molar-refractivity contribution in [1.82, 2.24) is 10.2 Å². The van der Waals surface area contributed by atoms with Crippen LogP contribution in [0.4, 0.5) is 10.1 Å². The Morgan fingerprint density at radius 2 is 1.43 bits per heavy atom. The van der Waals surface area contributed by atoms with Crippen LogP contribution in [0.3, 0.4) is 0 Å². The molecule has 0 aromatic heterocycles. The minimum atomic E-state index is -4.35. The highest BCUT2D eigenvalue weighted by Crippen LogP contribution is 2.33. The predicted octanol–water partition coefficient (Wildman–Crippen LogP) is 5.59. The second-order valence-electron chi connectivity index (χ2n) is 12.0. The van der Waals surface area contributed by atoms with Gasteiger partial charge in [-0.2, -0.15) is 0 Å². The molecule has 0 bridgehead atoms. The van der Waals surface area contributed by atoms with Crippen molar-refractivity contribution in [3.05, 3.63) is 120 Å². The van der Waals surface area contributed by atoms with Crippen molar-refractivity contribution in [1.29, 1.82) is 0 Å². The molecule has 0 aliphatic rings. The molecule has 0 aliphatic heterocycles. The quantitative estimate of drug-likeness (QED) is 0.200. The van der Waals surface area contributed by atoms with Gasteiger partial charge in [0.05, 0.1) is 24.8 Å². The second-order valence-corrected chi connectivity index (χ2v) is 13.8. The van der Waals surface area contributed by atoms with Gasteiger partial charge in [0.25, 0.3) is 10.0 Å². The van der Waals surface area contributed by atoms with Crippen LogP contribution in [-0.2, 0) is 32.6 Å². The molecule has 0 saturated carbocycles. The average Bonchev–Trinajstić information content (AvgIpc) is 3.05. The lowest BCUT2D eigenvalue weighted by molar-refractivity contribution is -0.140. The SMILES string of the molecule is COc1ccc(S(=O)(=O)N(CC(=O)N(Cc2ccc(F)cc2)C(Cc2ccccc2)C(=O)NC(C)(C)C)c2ccccc2OC)cc1. The predicted molar refractivity (Wildman–Crippen MR) is 179 cm³/mol. The number of sulfonamides is 1. The molecule has 9 nitrogen and oxygen atoms in total. The van der Waals surface area contributed by atoms with Gasteiger partial charge in [-0.15, -0.1) is 0 Å². The number of amides is 2. The molecule has 4 rings (SSSR count). The first kappa shape index (κ1) is 35.0. The summed E-state index contributed by atoms with van der Waals surface area (Å²) in [7, 11) is -1.47. The highest BCUT2D eigenvalue weighted by Gasteiger charge is 2.36. The molecule has 0 fully saturated rings. The summed E-state index contributed by atoms with van der Waals surface area (Å²) in [6, 6.07) is 26.1.